The van der Waals surface area contributed by atoms with E-state index in [4.69, 9.17) is 4.74 Å². The van der Waals surface area contributed by atoms with E-state index in [2.05, 4.69) is 24.4 Å². The molecule has 0 aromatic heterocycles. The molecule has 5 heteroatoms. The van der Waals surface area contributed by atoms with Crippen molar-refractivity contribution >= 4 is 11.8 Å². The lowest BCUT2D eigenvalue weighted by Gasteiger charge is -2.31. The lowest BCUT2D eigenvalue weighted by molar-refractivity contribution is -0.140. The van der Waals surface area contributed by atoms with E-state index in [9.17, 15) is 9.59 Å². The van der Waals surface area contributed by atoms with Crippen molar-refractivity contribution in [2.24, 2.45) is 0 Å². The summed E-state index contributed by atoms with van der Waals surface area (Å²) < 4.78 is 5.34. The number of hydrogen-bond donors (Lipinski definition) is 1. The van der Waals surface area contributed by atoms with E-state index in [-0.39, 0.29) is 11.8 Å². The molecule has 1 aliphatic heterocycles. The SMILES string of the molecule is Cc1ccccc1CCCC(=O)NC(C(=O)N1CCOCC1)c1ccccc1. The van der Waals surface area contributed by atoms with Crippen molar-refractivity contribution in [3.8, 4) is 0 Å². The number of benzene rings is 2. The molecule has 1 atom stereocenters. The fourth-order valence-electron chi connectivity index (χ4n) is 3.46. The third-order valence-electron chi connectivity index (χ3n) is 5.12. The average Bonchev–Trinajstić information content (AvgIpc) is 2.74. The maximum absolute atomic E-state index is 13.0. The van der Waals surface area contributed by atoms with Gasteiger partial charge in [-0.05, 0) is 36.5 Å². The summed E-state index contributed by atoms with van der Waals surface area (Å²) in [7, 11) is 0. The highest BCUT2D eigenvalue weighted by Gasteiger charge is 2.28. The molecule has 0 spiro atoms. The predicted molar refractivity (Wildman–Crippen MR) is 109 cm³/mol. The summed E-state index contributed by atoms with van der Waals surface area (Å²) in [6, 6.07) is 17.0. The fraction of sp³-hybridized carbons (Fsp3) is 0.391. The first-order valence-corrected chi connectivity index (χ1v) is 9.90. The summed E-state index contributed by atoms with van der Waals surface area (Å²) in [6.07, 6.45) is 2.01. The Kier molecular flexibility index (Phi) is 7.20. The number of carbonyl (C=O) groups excluding carboxylic acids is 2. The molecule has 0 saturated carbocycles. The highest BCUT2D eigenvalue weighted by atomic mass is 16.5. The molecule has 1 unspecified atom stereocenters. The molecule has 1 aliphatic rings. The summed E-state index contributed by atoms with van der Waals surface area (Å²) in [6.45, 7) is 4.29. The van der Waals surface area contributed by atoms with Crippen LogP contribution in [0.15, 0.2) is 54.6 Å². The van der Waals surface area contributed by atoms with Crippen molar-refractivity contribution in [2.75, 3.05) is 26.3 Å². The molecule has 0 bridgehead atoms. The largest absolute Gasteiger partial charge is 0.378 e. The van der Waals surface area contributed by atoms with Gasteiger partial charge in [0.15, 0.2) is 0 Å². The number of hydrogen-bond acceptors (Lipinski definition) is 3. The Morgan fingerprint density at radius 1 is 1.04 bits per heavy atom. The second kappa shape index (κ2) is 10.0. The molecule has 2 aromatic carbocycles. The Hall–Kier alpha value is -2.66. The van der Waals surface area contributed by atoms with E-state index in [0.29, 0.717) is 32.7 Å². The van der Waals surface area contributed by atoms with E-state index in [1.54, 1.807) is 4.90 Å². The van der Waals surface area contributed by atoms with Gasteiger partial charge in [0.1, 0.15) is 6.04 Å². The minimum atomic E-state index is -0.648. The van der Waals surface area contributed by atoms with Crippen molar-refractivity contribution in [1.29, 1.82) is 0 Å². The summed E-state index contributed by atoms with van der Waals surface area (Å²) in [5.74, 6) is -0.161. The van der Waals surface area contributed by atoms with Gasteiger partial charge >= 0.3 is 0 Å². The van der Waals surface area contributed by atoms with Gasteiger partial charge in [0.25, 0.3) is 0 Å². The van der Waals surface area contributed by atoms with Crippen LogP contribution in [0.25, 0.3) is 0 Å². The Morgan fingerprint density at radius 2 is 1.71 bits per heavy atom. The van der Waals surface area contributed by atoms with Crippen molar-refractivity contribution in [2.45, 2.75) is 32.2 Å². The van der Waals surface area contributed by atoms with Crippen LogP contribution in [0, 0.1) is 6.92 Å². The first-order valence-electron chi connectivity index (χ1n) is 9.90. The van der Waals surface area contributed by atoms with Crippen molar-refractivity contribution in [1.82, 2.24) is 10.2 Å². The van der Waals surface area contributed by atoms with Crippen LogP contribution in [0.1, 0.15) is 35.6 Å². The summed E-state index contributed by atoms with van der Waals surface area (Å²) in [4.78, 5) is 27.4. The Balaban J connectivity index is 1.61. The number of rotatable bonds is 7. The maximum Gasteiger partial charge on any atom is 0.249 e. The van der Waals surface area contributed by atoms with Crippen LogP contribution in [-0.2, 0) is 20.7 Å². The van der Waals surface area contributed by atoms with E-state index in [1.807, 2.05) is 42.5 Å². The standard InChI is InChI=1S/C23H28N2O3/c1-18-8-5-6-9-19(18)12-7-13-21(26)24-22(20-10-3-2-4-11-20)23(27)25-14-16-28-17-15-25/h2-6,8-11,22H,7,12-17H2,1H3,(H,24,26). The van der Waals surface area contributed by atoms with E-state index < -0.39 is 6.04 Å². The zero-order chi connectivity index (χ0) is 19.8. The maximum atomic E-state index is 13.0. The molecule has 0 radical (unpaired) electrons. The molecular formula is C23H28N2O3. The number of nitrogens with zero attached hydrogens (tertiary/aromatic N) is 1. The summed E-state index contributed by atoms with van der Waals surface area (Å²) >= 11 is 0. The third kappa shape index (κ3) is 5.42. The second-order valence-electron chi connectivity index (χ2n) is 7.13. The number of ether oxygens (including phenoxy) is 1. The van der Waals surface area contributed by atoms with Crippen LogP contribution < -0.4 is 5.32 Å². The second-order valence-corrected chi connectivity index (χ2v) is 7.13. The van der Waals surface area contributed by atoms with Gasteiger partial charge in [0, 0.05) is 19.5 Å². The molecular weight excluding hydrogens is 352 g/mol. The Morgan fingerprint density at radius 3 is 2.43 bits per heavy atom. The molecule has 2 aromatic rings. The molecule has 3 rings (SSSR count). The predicted octanol–water partition coefficient (Wildman–Crippen LogP) is 3.03. The highest BCUT2D eigenvalue weighted by molar-refractivity contribution is 5.88. The smallest absolute Gasteiger partial charge is 0.249 e. The molecule has 0 aliphatic carbocycles. The minimum Gasteiger partial charge on any atom is -0.378 e. The van der Waals surface area contributed by atoms with Crippen molar-refractivity contribution in [3.05, 3.63) is 71.3 Å². The van der Waals surface area contributed by atoms with Crippen LogP contribution in [0.2, 0.25) is 0 Å². The van der Waals surface area contributed by atoms with Gasteiger partial charge in [-0.1, -0.05) is 54.6 Å². The van der Waals surface area contributed by atoms with Crippen molar-refractivity contribution in [3.63, 3.8) is 0 Å². The van der Waals surface area contributed by atoms with Gasteiger partial charge in [-0.2, -0.15) is 0 Å². The molecule has 5 nitrogen and oxygen atoms in total. The zero-order valence-electron chi connectivity index (χ0n) is 16.4. The van der Waals surface area contributed by atoms with Crippen LogP contribution in [0.4, 0.5) is 0 Å². The molecule has 1 fully saturated rings. The van der Waals surface area contributed by atoms with Crippen LogP contribution in [0.5, 0.6) is 0 Å². The normalized spacial score (nSPS) is 15.1. The Labute approximate surface area is 166 Å². The summed E-state index contributed by atoms with van der Waals surface area (Å²) in [5, 5.41) is 2.96. The molecule has 1 N–H and O–H groups in total. The van der Waals surface area contributed by atoms with Crippen LogP contribution >= 0.6 is 0 Å². The van der Waals surface area contributed by atoms with E-state index in [0.717, 1.165) is 18.4 Å². The quantitative estimate of drug-likeness (QED) is 0.803. The number of nitrogens with one attached hydrogen (secondary N) is 1. The molecule has 2 amide bonds. The Bertz CT molecular complexity index is 785. The van der Waals surface area contributed by atoms with Gasteiger partial charge in [-0.25, -0.2) is 0 Å². The van der Waals surface area contributed by atoms with Gasteiger partial charge in [-0.15, -0.1) is 0 Å². The number of morpholine rings is 1. The van der Waals surface area contributed by atoms with Gasteiger partial charge in [-0.3, -0.25) is 9.59 Å². The topological polar surface area (TPSA) is 58.6 Å². The van der Waals surface area contributed by atoms with Gasteiger partial charge in [0.2, 0.25) is 11.8 Å². The number of aryl methyl sites for hydroxylation is 2. The zero-order valence-corrected chi connectivity index (χ0v) is 16.4. The molecule has 1 heterocycles. The first kappa shape index (κ1) is 20.1. The lowest BCUT2D eigenvalue weighted by Crippen LogP contribution is -2.47. The minimum absolute atomic E-state index is 0.0678. The third-order valence-corrected chi connectivity index (χ3v) is 5.12. The van der Waals surface area contributed by atoms with Crippen molar-refractivity contribution < 1.29 is 14.3 Å². The lowest BCUT2D eigenvalue weighted by atomic mass is 10.0. The monoisotopic (exact) mass is 380 g/mol. The average molecular weight is 380 g/mol. The van der Waals surface area contributed by atoms with Crippen LogP contribution in [-0.4, -0.2) is 43.0 Å². The fourth-order valence-corrected chi connectivity index (χ4v) is 3.46. The van der Waals surface area contributed by atoms with Gasteiger partial charge < -0.3 is 15.0 Å². The first-order chi connectivity index (χ1) is 13.6. The molecule has 28 heavy (non-hydrogen) atoms. The van der Waals surface area contributed by atoms with E-state index in [1.165, 1.54) is 11.1 Å². The molecule has 1 saturated heterocycles. The van der Waals surface area contributed by atoms with Gasteiger partial charge in [0.05, 0.1) is 13.2 Å². The number of carbonyl (C=O) groups is 2. The molecule has 148 valence electrons. The highest BCUT2D eigenvalue weighted by Crippen LogP contribution is 2.18. The van der Waals surface area contributed by atoms with Crippen LogP contribution in [0.3, 0.4) is 0 Å². The van der Waals surface area contributed by atoms with E-state index >= 15 is 0 Å². The number of amides is 2. The summed E-state index contributed by atoms with van der Waals surface area (Å²) in [5.41, 5.74) is 3.32.